The molecule has 5 nitrogen and oxygen atoms in total. The molecule has 4 atom stereocenters. The number of aliphatic carboxylic acids is 2. The number of benzene rings is 1. The molecule has 0 aliphatic carbocycles. The van der Waals surface area contributed by atoms with Crippen LogP contribution in [0, 0.1) is 11.8 Å². The maximum atomic E-state index is 11.4. The van der Waals surface area contributed by atoms with Crippen LogP contribution in [0.15, 0.2) is 24.3 Å². The molecule has 1 aromatic rings. The summed E-state index contributed by atoms with van der Waals surface area (Å²) < 4.78 is 0. The maximum Gasteiger partial charge on any atom is 0.321 e. The molecule has 102 valence electrons. The van der Waals surface area contributed by atoms with Crippen molar-refractivity contribution in [2.75, 3.05) is 0 Å². The van der Waals surface area contributed by atoms with Crippen LogP contribution >= 0.6 is 11.6 Å². The fourth-order valence-electron chi connectivity index (χ4n) is 2.60. The van der Waals surface area contributed by atoms with Gasteiger partial charge in [-0.15, -0.1) is 0 Å². The van der Waals surface area contributed by atoms with Crippen molar-refractivity contribution in [2.45, 2.75) is 19.0 Å². The zero-order valence-electron chi connectivity index (χ0n) is 10.2. The van der Waals surface area contributed by atoms with Gasteiger partial charge in [0.05, 0.1) is 5.92 Å². The molecule has 0 aromatic heterocycles. The molecule has 1 fully saturated rings. The van der Waals surface area contributed by atoms with Crippen LogP contribution in [0.5, 0.6) is 0 Å². The van der Waals surface area contributed by atoms with Crippen molar-refractivity contribution in [1.82, 2.24) is 5.32 Å². The Kier molecular flexibility index (Phi) is 3.78. The van der Waals surface area contributed by atoms with Crippen molar-refractivity contribution < 1.29 is 19.8 Å². The molecule has 0 saturated carbocycles. The van der Waals surface area contributed by atoms with Gasteiger partial charge in [-0.3, -0.25) is 14.9 Å². The second-order valence-electron chi connectivity index (χ2n) is 4.73. The summed E-state index contributed by atoms with van der Waals surface area (Å²) in [5.74, 6) is -3.29. The quantitative estimate of drug-likeness (QED) is 0.787. The number of halogens is 1. The molecule has 0 radical (unpaired) electrons. The number of carboxylic acid groups (broad SMARTS) is 2. The van der Waals surface area contributed by atoms with Gasteiger partial charge in [-0.1, -0.05) is 30.7 Å². The van der Waals surface area contributed by atoms with Crippen molar-refractivity contribution in [3.05, 3.63) is 34.9 Å². The Labute approximate surface area is 115 Å². The van der Waals surface area contributed by atoms with Gasteiger partial charge >= 0.3 is 11.9 Å². The predicted octanol–water partition coefficient (Wildman–Crippen LogP) is 1.77. The van der Waals surface area contributed by atoms with E-state index in [1.54, 1.807) is 31.2 Å². The molecule has 0 amide bonds. The molecular formula is C13H14ClNO4. The lowest BCUT2D eigenvalue weighted by Crippen LogP contribution is -2.35. The molecule has 19 heavy (non-hydrogen) atoms. The minimum atomic E-state index is -1.03. The summed E-state index contributed by atoms with van der Waals surface area (Å²) >= 11 is 5.79. The maximum absolute atomic E-state index is 11.4. The number of rotatable bonds is 3. The smallest absolute Gasteiger partial charge is 0.321 e. The number of hydrogen-bond acceptors (Lipinski definition) is 3. The Morgan fingerprint density at radius 2 is 1.74 bits per heavy atom. The number of hydrogen-bond donors (Lipinski definition) is 3. The van der Waals surface area contributed by atoms with Gasteiger partial charge in [0.2, 0.25) is 0 Å². The van der Waals surface area contributed by atoms with E-state index in [9.17, 15) is 14.7 Å². The first kappa shape index (κ1) is 13.8. The molecule has 1 saturated heterocycles. The van der Waals surface area contributed by atoms with E-state index >= 15 is 0 Å². The van der Waals surface area contributed by atoms with Crippen LogP contribution < -0.4 is 5.32 Å². The summed E-state index contributed by atoms with van der Waals surface area (Å²) in [6.07, 6.45) is 0. The van der Waals surface area contributed by atoms with Gasteiger partial charge in [0, 0.05) is 11.1 Å². The lowest BCUT2D eigenvalue weighted by Gasteiger charge is -2.18. The summed E-state index contributed by atoms with van der Waals surface area (Å²) in [4.78, 5) is 22.5. The molecule has 2 rings (SSSR count). The summed E-state index contributed by atoms with van der Waals surface area (Å²) in [5.41, 5.74) is 0.729. The van der Waals surface area contributed by atoms with E-state index in [0.717, 1.165) is 5.56 Å². The number of nitrogens with one attached hydrogen (secondary N) is 1. The Hall–Kier alpha value is -1.59. The lowest BCUT2D eigenvalue weighted by molar-refractivity contribution is -0.144. The van der Waals surface area contributed by atoms with Crippen LogP contribution in [0.1, 0.15) is 18.5 Å². The lowest BCUT2D eigenvalue weighted by atomic mass is 9.86. The molecule has 1 aliphatic rings. The van der Waals surface area contributed by atoms with E-state index in [4.69, 9.17) is 16.7 Å². The van der Waals surface area contributed by atoms with Gasteiger partial charge < -0.3 is 10.2 Å². The van der Waals surface area contributed by atoms with E-state index in [2.05, 4.69) is 5.32 Å². The molecule has 0 bridgehead atoms. The first-order valence-corrected chi connectivity index (χ1v) is 6.26. The van der Waals surface area contributed by atoms with Gasteiger partial charge in [-0.25, -0.2) is 0 Å². The monoisotopic (exact) mass is 283 g/mol. The summed E-state index contributed by atoms with van der Waals surface area (Å²) in [7, 11) is 0. The third kappa shape index (κ3) is 2.57. The standard InChI is InChI=1S/C13H14ClNO4/c1-6-9(12(16)17)11(15-10(6)13(18)19)7-2-4-8(14)5-3-7/h2-6,9-11,15H,1H3,(H,16,17)(H,18,19)/t6-,9+,10-,11-/m0/s1. The molecule has 0 unspecified atom stereocenters. The summed E-state index contributed by atoms with van der Waals surface area (Å²) in [6, 6.07) is 5.37. The van der Waals surface area contributed by atoms with Crippen LogP contribution in [-0.2, 0) is 9.59 Å². The highest BCUT2D eigenvalue weighted by molar-refractivity contribution is 6.30. The first-order valence-electron chi connectivity index (χ1n) is 5.89. The van der Waals surface area contributed by atoms with E-state index in [1.165, 1.54) is 0 Å². The highest BCUT2D eigenvalue weighted by Gasteiger charge is 2.47. The third-order valence-electron chi connectivity index (χ3n) is 3.59. The van der Waals surface area contributed by atoms with Crippen LogP contribution in [0.2, 0.25) is 5.02 Å². The van der Waals surface area contributed by atoms with Crippen molar-refractivity contribution in [1.29, 1.82) is 0 Å². The van der Waals surface area contributed by atoms with Crippen LogP contribution in [0.4, 0.5) is 0 Å². The van der Waals surface area contributed by atoms with Crippen molar-refractivity contribution >= 4 is 23.5 Å². The zero-order valence-corrected chi connectivity index (χ0v) is 11.0. The van der Waals surface area contributed by atoms with Crippen molar-refractivity contribution in [3.8, 4) is 0 Å². The van der Waals surface area contributed by atoms with Gasteiger partial charge in [0.1, 0.15) is 6.04 Å². The SMILES string of the molecule is C[C@H]1[C@@H](C(=O)O)[C@H](c2ccc(Cl)cc2)N[C@@H]1C(=O)O. The second-order valence-corrected chi connectivity index (χ2v) is 5.17. The average molecular weight is 284 g/mol. The van der Waals surface area contributed by atoms with Gasteiger partial charge in [0.25, 0.3) is 0 Å². The number of carboxylic acids is 2. The van der Waals surface area contributed by atoms with Crippen molar-refractivity contribution in [3.63, 3.8) is 0 Å². The van der Waals surface area contributed by atoms with Gasteiger partial charge in [0.15, 0.2) is 0 Å². The largest absolute Gasteiger partial charge is 0.481 e. The average Bonchev–Trinajstić information content (AvgIpc) is 2.68. The summed E-state index contributed by atoms with van der Waals surface area (Å²) in [6.45, 7) is 1.64. The molecule has 1 aromatic carbocycles. The molecule has 0 spiro atoms. The van der Waals surface area contributed by atoms with E-state index in [1.807, 2.05) is 0 Å². The van der Waals surface area contributed by atoms with Crippen molar-refractivity contribution in [2.24, 2.45) is 11.8 Å². The van der Waals surface area contributed by atoms with Crippen LogP contribution in [0.3, 0.4) is 0 Å². The highest BCUT2D eigenvalue weighted by atomic mass is 35.5. The van der Waals surface area contributed by atoms with Gasteiger partial charge in [-0.2, -0.15) is 0 Å². The minimum absolute atomic E-state index is 0.490. The zero-order chi connectivity index (χ0) is 14.2. The summed E-state index contributed by atoms with van der Waals surface area (Å²) in [5, 5.41) is 21.9. The second kappa shape index (κ2) is 5.19. The normalized spacial score (nSPS) is 30.2. The fraction of sp³-hybridized carbons (Fsp3) is 0.385. The minimum Gasteiger partial charge on any atom is -0.481 e. The van der Waals surface area contributed by atoms with E-state index in [-0.39, 0.29) is 0 Å². The van der Waals surface area contributed by atoms with Crippen LogP contribution in [-0.4, -0.2) is 28.2 Å². The Morgan fingerprint density at radius 3 is 2.21 bits per heavy atom. The predicted molar refractivity (Wildman–Crippen MR) is 69.0 cm³/mol. The fourth-order valence-corrected chi connectivity index (χ4v) is 2.72. The molecule has 1 heterocycles. The van der Waals surface area contributed by atoms with E-state index in [0.29, 0.717) is 5.02 Å². The Bertz CT molecular complexity index is 502. The third-order valence-corrected chi connectivity index (χ3v) is 3.84. The van der Waals surface area contributed by atoms with Gasteiger partial charge in [-0.05, 0) is 23.6 Å². The Balaban J connectivity index is 2.35. The Morgan fingerprint density at radius 1 is 1.16 bits per heavy atom. The topological polar surface area (TPSA) is 86.6 Å². The molecule has 6 heteroatoms. The molecule has 3 N–H and O–H groups in total. The van der Waals surface area contributed by atoms with Crippen LogP contribution in [0.25, 0.3) is 0 Å². The first-order chi connectivity index (χ1) is 8.91. The number of carbonyl (C=O) groups is 2. The molecular weight excluding hydrogens is 270 g/mol. The van der Waals surface area contributed by atoms with E-state index < -0.39 is 35.9 Å². The highest BCUT2D eigenvalue weighted by Crippen LogP contribution is 2.37. The molecule has 1 aliphatic heterocycles.